The molecule has 0 radical (unpaired) electrons. The van der Waals surface area contributed by atoms with E-state index in [4.69, 9.17) is 9.47 Å². The second-order valence-corrected chi connectivity index (χ2v) is 8.04. The Kier molecular flexibility index (Phi) is 6.11. The van der Waals surface area contributed by atoms with E-state index in [-0.39, 0.29) is 23.9 Å². The van der Waals surface area contributed by atoms with Crippen LogP contribution < -0.4 is 9.47 Å². The Hall–Kier alpha value is -3.09. The van der Waals surface area contributed by atoms with Crippen molar-refractivity contribution >= 4 is 11.8 Å². The third-order valence-electron chi connectivity index (χ3n) is 6.29. The molecule has 0 unspecified atom stereocenters. The number of methoxy groups -OCH3 is 2. The fourth-order valence-corrected chi connectivity index (χ4v) is 4.64. The Labute approximate surface area is 181 Å². The van der Waals surface area contributed by atoms with Gasteiger partial charge in [0.05, 0.1) is 25.7 Å². The largest absolute Gasteiger partial charge is 0.497 e. The monoisotopic (exact) mass is 426 g/mol. The molecule has 164 valence electrons. The number of hydrogen-bond donors (Lipinski definition) is 0. The lowest BCUT2D eigenvalue weighted by molar-refractivity contribution is -0.134. The molecular formula is C24H27FN2O4. The normalized spacial score (nSPS) is 20.7. The first-order chi connectivity index (χ1) is 15.0. The standard InChI is InChI=1S/C24H27FN2O4/c1-30-16-9-10-17(22(13-16)31-2)19-14-27(23(28)18-7-3-4-8-21(18)25)15-20(19)24(29)26-11-5-6-12-26/h3-4,7-10,13,19-20H,5-6,11-12,14-15H2,1-2H3/t19-,20-/m0/s1. The van der Waals surface area contributed by atoms with Crippen molar-refractivity contribution in [3.8, 4) is 11.5 Å². The van der Waals surface area contributed by atoms with Crippen molar-refractivity contribution in [3.63, 3.8) is 0 Å². The number of amides is 2. The summed E-state index contributed by atoms with van der Waals surface area (Å²) in [4.78, 5) is 29.9. The zero-order valence-corrected chi connectivity index (χ0v) is 17.8. The van der Waals surface area contributed by atoms with E-state index < -0.39 is 17.6 Å². The van der Waals surface area contributed by atoms with Gasteiger partial charge in [-0.15, -0.1) is 0 Å². The average molecular weight is 426 g/mol. The molecule has 0 aromatic heterocycles. The number of likely N-dealkylation sites (tertiary alicyclic amines) is 2. The summed E-state index contributed by atoms with van der Waals surface area (Å²) in [7, 11) is 3.16. The maximum Gasteiger partial charge on any atom is 0.256 e. The lowest BCUT2D eigenvalue weighted by atomic mass is 9.87. The molecule has 7 heteroatoms. The average Bonchev–Trinajstić information content (AvgIpc) is 3.48. The molecule has 2 aromatic carbocycles. The molecule has 31 heavy (non-hydrogen) atoms. The topological polar surface area (TPSA) is 59.1 Å². The highest BCUT2D eigenvalue weighted by atomic mass is 19.1. The molecule has 0 aliphatic carbocycles. The van der Waals surface area contributed by atoms with Crippen LogP contribution in [-0.2, 0) is 4.79 Å². The first-order valence-electron chi connectivity index (χ1n) is 10.6. The molecule has 2 aliphatic rings. The van der Waals surface area contributed by atoms with E-state index in [9.17, 15) is 14.0 Å². The van der Waals surface area contributed by atoms with Crippen molar-refractivity contribution in [2.24, 2.45) is 5.92 Å². The van der Waals surface area contributed by atoms with E-state index in [0.29, 0.717) is 18.0 Å². The van der Waals surface area contributed by atoms with Gasteiger partial charge < -0.3 is 19.3 Å². The van der Waals surface area contributed by atoms with E-state index in [0.717, 1.165) is 31.5 Å². The fourth-order valence-electron chi connectivity index (χ4n) is 4.64. The molecule has 0 N–H and O–H groups in total. The number of ether oxygens (including phenoxy) is 2. The second-order valence-electron chi connectivity index (χ2n) is 8.04. The van der Waals surface area contributed by atoms with E-state index in [2.05, 4.69) is 0 Å². The van der Waals surface area contributed by atoms with E-state index in [1.807, 2.05) is 17.0 Å². The van der Waals surface area contributed by atoms with Gasteiger partial charge in [-0.2, -0.15) is 0 Å². The molecular weight excluding hydrogens is 399 g/mol. The highest BCUT2D eigenvalue weighted by Gasteiger charge is 2.44. The summed E-state index contributed by atoms with van der Waals surface area (Å²) in [6.45, 7) is 2.05. The van der Waals surface area contributed by atoms with Crippen LogP contribution in [0, 0.1) is 11.7 Å². The highest BCUT2D eigenvalue weighted by Crippen LogP contribution is 2.40. The third kappa shape index (κ3) is 4.09. The van der Waals surface area contributed by atoms with Crippen molar-refractivity contribution < 1.29 is 23.5 Å². The molecule has 2 aliphatic heterocycles. The van der Waals surface area contributed by atoms with Crippen LogP contribution in [0.3, 0.4) is 0 Å². The fraction of sp³-hybridized carbons (Fsp3) is 0.417. The summed E-state index contributed by atoms with van der Waals surface area (Å²) in [6.07, 6.45) is 1.99. The Morgan fingerprint density at radius 2 is 1.71 bits per heavy atom. The SMILES string of the molecule is COc1ccc([C@@H]2CN(C(=O)c3ccccc3F)C[C@@H]2C(=O)N2CCCC2)c(OC)c1. The molecule has 2 fully saturated rings. The van der Waals surface area contributed by atoms with Crippen molar-refractivity contribution in [2.75, 3.05) is 40.4 Å². The first kappa shape index (κ1) is 21.2. The maximum atomic E-state index is 14.3. The van der Waals surface area contributed by atoms with Gasteiger partial charge in [0.2, 0.25) is 5.91 Å². The Morgan fingerprint density at radius 1 is 0.968 bits per heavy atom. The first-order valence-corrected chi connectivity index (χ1v) is 10.6. The van der Waals surface area contributed by atoms with Gasteiger partial charge in [-0.1, -0.05) is 18.2 Å². The van der Waals surface area contributed by atoms with Gasteiger partial charge in [-0.05, 0) is 31.0 Å². The number of hydrogen-bond acceptors (Lipinski definition) is 4. The summed E-state index contributed by atoms with van der Waals surface area (Å²) in [5.41, 5.74) is 0.877. The lowest BCUT2D eigenvalue weighted by Gasteiger charge is -2.25. The molecule has 4 rings (SSSR count). The van der Waals surface area contributed by atoms with Crippen molar-refractivity contribution in [1.82, 2.24) is 9.80 Å². The van der Waals surface area contributed by atoms with Crippen LogP contribution >= 0.6 is 0 Å². The maximum absolute atomic E-state index is 14.3. The Bertz CT molecular complexity index is 974. The minimum absolute atomic E-state index is 0.0252. The molecule has 0 spiro atoms. The summed E-state index contributed by atoms with van der Waals surface area (Å²) < 4.78 is 25.1. The van der Waals surface area contributed by atoms with Crippen LogP contribution in [-0.4, -0.2) is 62.0 Å². The molecule has 2 amide bonds. The van der Waals surface area contributed by atoms with Crippen LogP contribution in [0.25, 0.3) is 0 Å². The third-order valence-corrected chi connectivity index (χ3v) is 6.29. The quantitative estimate of drug-likeness (QED) is 0.736. The number of rotatable bonds is 5. The van der Waals surface area contributed by atoms with Crippen LogP contribution in [0.15, 0.2) is 42.5 Å². The number of carbonyl (C=O) groups excluding carboxylic acids is 2. The minimum atomic E-state index is -0.555. The number of nitrogens with zero attached hydrogens (tertiary/aromatic N) is 2. The van der Waals surface area contributed by atoms with Crippen LogP contribution in [0.2, 0.25) is 0 Å². The molecule has 2 atom stereocenters. The highest BCUT2D eigenvalue weighted by molar-refractivity contribution is 5.95. The Morgan fingerprint density at radius 3 is 2.39 bits per heavy atom. The molecule has 6 nitrogen and oxygen atoms in total. The summed E-state index contributed by atoms with van der Waals surface area (Å²) in [6, 6.07) is 11.5. The Balaban J connectivity index is 1.68. The van der Waals surface area contributed by atoms with Gasteiger partial charge in [0.1, 0.15) is 17.3 Å². The lowest BCUT2D eigenvalue weighted by Crippen LogP contribution is -2.37. The van der Waals surface area contributed by atoms with Gasteiger partial charge in [0.25, 0.3) is 5.91 Å². The van der Waals surface area contributed by atoms with Crippen LogP contribution in [0.1, 0.15) is 34.7 Å². The summed E-state index contributed by atoms with van der Waals surface area (Å²) in [5.74, 6) is -0.290. The molecule has 0 bridgehead atoms. The summed E-state index contributed by atoms with van der Waals surface area (Å²) >= 11 is 0. The zero-order chi connectivity index (χ0) is 22.0. The van der Waals surface area contributed by atoms with Gasteiger partial charge in [0, 0.05) is 43.7 Å². The van der Waals surface area contributed by atoms with Gasteiger partial charge in [-0.3, -0.25) is 9.59 Å². The number of benzene rings is 2. The predicted octanol–water partition coefficient (Wildman–Crippen LogP) is 3.32. The minimum Gasteiger partial charge on any atom is -0.497 e. The van der Waals surface area contributed by atoms with E-state index in [1.165, 1.54) is 12.1 Å². The number of halogens is 1. The zero-order valence-electron chi connectivity index (χ0n) is 17.8. The van der Waals surface area contributed by atoms with E-state index >= 15 is 0 Å². The predicted molar refractivity (Wildman–Crippen MR) is 114 cm³/mol. The molecule has 2 heterocycles. The molecule has 0 saturated carbocycles. The summed E-state index contributed by atoms with van der Waals surface area (Å²) in [5, 5.41) is 0. The molecule has 2 saturated heterocycles. The van der Waals surface area contributed by atoms with Gasteiger partial charge in [0.15, 0.2) is 0 Å². The van der Waals surface area contributed by atoms with Crippen LogP contribution in [0.5, 0.6) is 11.5 Å². The van der Waals surface area contributed by atoms with E-state index in [1.54, 1.807) is 37.3 Å². The van der Waals surface area contributed by atoms with Gasteiger partial charge in [-0.25, -0.2) is 4.39 Å². The van der Waals surface area contributed by atoms with Crippen LogP contribution in [0.4, 0.5) is 4.39 Å². The van der Waals surface area contributed by atoms with Crippen molar-refractivity contribution in [3.05, 3.63) is 59.4 Å². The van der Waals surface area contributed by atoms with Crippen molar-refractivity contribution in [1.29, 1.82) is 0 Å². The smallest absolute Gasteiger partial charge is 0.256 e. The molecule has 2 aromatic rings. The second kappa shape index (κ2) is 8.96. The van der Waals surface area contributed by atoms with Gasteiger partial charge >= 0.3 is 0 Å². The van der Waals surface area contributed by atoms with Crippen molar-refractivity contribution in [2.45, 2.75) is 18.8 Å². The number of carbonyl (C=O) groups is 2.